The van der Waals surface area contributed by atoms with E-state index in [-0.39, 0.29) is 5.88 Å². The number of pyridine rings is 1. The average Bonchev–Trinajstić information content (AvgIpc) is 2.18. The highest BCUT2D eigenvalue weighted by atomic mass is 16.5. The number of aromatic nitrogens is 1. The molecule has 74 valence electrons. The van der Waals surface area contributed by atoms with Gasteiger partial charge < -0.3 is 10.1 Å². The number of carbonyl (C=O) groups is 1. The first-order valence-electron chi connectivity index (χ1n) is 4.15. The van der Waals surface area contributed by atoms with E-state index in [1.807, 2.05) is 0 Å². The predicted octanol–water partition coefficient (Wildman–Crippen LogP) is 1.60. The van der Waals surface area contributed by atoms with Crippen LogP contribution in [-0.4, -0.2) is 18.0 Å². The van der Waals surface area contributed by atoms with E-state index in [1.165, 1.54) is 0 Å². The summed E-state index contributed by atoms with van der Waals surface area (Å²) in [6.07, 6.45) is 1.56. The lowest BCUT2D eigenvalue weighted by Crippen LogP contribution is -2.10. The van der Waals surface area contributed by atoms with Gasteiger partial charge in [-0.25, -0.2) is 9.78 Å². The Labute approximate surface area is 82.6 Å². The van der Waals surface area contributed by atoms with E-state index in [9.17, 15) is 4.79 Å². The first kappa shape index (κ1) is 10.2. The fourth-order valence-corrected chi connectivity index (χ4v) is 0.837. The molecule has 0 amide bonds. The summed E-state index contributed by atoms with van der Waals surface area (Å²) in [5.74, 6) is -0.205. The summed E-state index contributed by atoms with van der Waals surface area (Å²) in [4.78, 5) is 15.1. The van der Waals surface area contributed by atoms with Crippen molar-refractivity contribution in [1.82, 2.24) is 4.98 Å². The molecule has 0 aliphatic rings. The van der Waals surface area contributed by atoms with E-state index < -0.39 is 5.97 Å². The van der Waals surface area contributed by atoms with Gasteiger partial charge in [0.25, 0.3) is 0 Å². The van der Waals surface area contributed by atoms with Gasteiger partial charge in [-0.1, -0.05) is 6.58 Å². The molecule has 0 saturated heterocycles. The summed E-state index contributed by atoms with van der Waals surface area (Å²) in [6, 6.07) is 3.53. The smallest absolute Gasteiger partial charge is 0.339 e. The Balaban J connectivity index is 2.85. The van der Waals surface area contributed by atoms with E-state index in [0.717, 1.165) is 0 Å². The summed E-state index contributed by atoms with van der Waals surface area (Å²) in [6.45, 7) is 5.07. The molecule has 0 radical (unpaired) electrons. The second-order valence-corrected chi connectivity index (χ2v) is 2.78. The Morgan fingerprint density at radius 1 is 1.64 bits per heavy atom. The summed E-state index contributed by atoms with van der Waals surface area (Å²) >= 11 is 0. The molecule has 0 aromatic carbocycles. The van der Waals surface area contributed by atoms with Crippen molar-refractivity contribution in [1.29, 1.82) is 0 Å². The zero-order valence-electron chi connectivity index (χ0n) is 8.20. The van der Waals surface area contributed by atoms with Gasteiger partial charge in [-0.2, -0.15) is 0 Å². The van der Waals surface area contributed by atoms with Gasteiger partial charge in [0.2, 0.25) is 5.88 Å². The number of nitrogens with zero attached hydrogens (tertiary/aromatic N) is 1. The number of anilines is 1. The van der Waals surface area contributed by atoms with Crippen molar-refractivity contribution in [2.24, 2.45) is 0 Å². The summed E-state index contributed by atoms with van der Waals surface area (Å²) < 4.78 is 4.99. The SMILES string of the molecule is C=C(C)C(=O)Oc1ncccc1NC. The second kappa shape index (κ2) is 4.41. The third kappa shape index (κ3) is 2.32. The number of nitrogens with one attached hydrogen (secondary N) is 1. The van der Waals surface area contributed by atoms with Crippen LogP contribution in [-0.2, 0) is 4.79 Å². The average molecular weight is 192 g/mol. The Morgan fingerprint density at radius 2 is 2.36 bits per heavy atom. The van der Waals surface area contributed by atoms with Crippen LogP contribution in [0.1, 0.15) is 6.92 Å². The molecule has 0 atom stereocenters. The fraction of sp³-hybridized carbons (Fsp3) is 0.200. The van der Waals surface area contributed by atoms with Crippen LogP contribution >= 0.6 is 0 Å². The van der Waals surface area contributed by atoms with E-state index in [2.05, 4.69) is 16.9 Å². The van der Waals surface area contributed by atoms with Crippen LogP contribution < -0.4 is 10.1 Å². The number of rotatable bonds is 3. The number of esters is 1. The molecule has 1 aromatic heterocycles. The van der Waals surface area contributed by atoms with Crippen molar-refractivity contribution in [3.63, 3.8) is 0 Å². The van der Waals surface area contributed by atoms with Gasteiger partial charge in [-0.15, -0.1) is 0 Å². The van der Waals surface area contributed by atoms with Gasteiger partial charge in [0, 0.05) is 18.8 Å². The zero-order chi connectivity index (χ0) is 10.6. The fourth-order valence-electron chi connectivity index (χ4n) is 0.837. The molecule has 4 heteroatoms. The number of hydrogen-bond donors (Lipinski definition) is 1. The van der Waals surface area contributed by atoms with E-state index in [4.69, 9.17) is 4.74 Å². The highest BCUT2D eigenvalue weighted by Gasteiger charge is 2.09. The Kier molecular flexibility index (Phi) is 3.23. The van der Waals surface area contributed by atoms with Crippen molar-refractivity contribution in [3.8, 4) is 5.88 Å². The second-order valence-electron chi connectivity index (χ2n) is 2.78. The first-order chi connectivity index (χ1) is 6.65. The number of carbonyl (C=O) groups excluding carboxylic acids is 1. The molecule has 0 aliphatic heterocycles. The van der Waals surface area contributed by atoms with Crippen LogP contribution in [0.25, 0.3) is 0 Å². The van der Waals surface area contributed by atoms with Crippen LogP contribution in [0.2, 0.25) is 0 Å². The van der Waals surface area contributed by atoms with Crippen LogP contribution in [0, 0.1) is 0 Å². The molecule has 1 heterocycles. The zero-order valence-corrected chi connectivity index (χ0v) is 8.20. The molecule has 0 aliphatic carbocycles. The Hall–Kier alpha value is -1.84. The maximum atomic E-state index is 11.2. The monoisotopic (exact) mass is 192 g/mol. The predicted molar refractivity (Wildman–Crippen MR) is 54.2 cm³/mol. The molecule has 0 bridgehead atoms. The van der Waals surface area contributed by atoms with Crippen molar-refractivity contribution < 1.29 is 9.53 Å². The summed E-state index contributed by atoms with van der Waals surface area (Å²) in [7, 11) is 1.73. The molecule has 14 heavy (non-hydrogen) atoms. The molecule has 0 spiro atoms. The maximum absolute atomic E-state index is 11.2. The van der Waals surface area contributed by atoms with Gasteiger partial charge in [0.05, 0.1) is 5.69 Å². The quantitative estimate of drug-likeness (QED) is 0.583. The van der Waals surface area contributed by atoms with Gasteiger partial charge in [0.1, 0.15) is 0 Å². The summed E-state index contributed by atoms with van der Waals surface area (Å²) in [5.41, 5.74) is 1.01. The van der Waals surface area contributed by atoms with Gasteiger partial charge in [-0.3, -0.25) is 0 Å². The largest absolute Gasteiger partial charge is 0.402 e. The van der Waals surface area contributed by atoms with E-state index in [0.29, 0.717) is 11.3 Å². The van der Waals surface area contributed by atoms with E-state index >= 15 is 0 Å². The Morgan fingerprint density at radius 3 is 2.93 bits per heavy atom. The topological polar surface area (TPSA) is 51.2 Å². The number of ether oxygens (including phenoxy) is 1. The third-order valence-electron chi connectivity index (χ3n) is 1.58. The van der Waals surface area contributed by atoms with E-state index in [1.54, 1.807) is 32.3 Å². The highest BCUT2D eigenvalue weighted by molar-refractivity contribution is 5.89. The maximum Gasteiger partial charge on any atom is 0.339 e. The Bertz CT molecular complexity index is 361. The van der Waals surface area contributed by atoms with Gasteiger partial charge in [0.15, 0.2) is 0 Å². The minimum Gasteiger partial charge on any atom is -0.402 e. The molecule has 0 saturated carbocycles. The molecular formula is C10H12N2O2. The van der Waals surface area contributed by atoms with Crippen molar-refractivity contribution >= 4 is 11.7 Å². The van der Waals surface area contributed by atoms with Crippen molar-refractivity contribution in [2.75, 3.05) is 12.4 Å². The standard InChI is InChI=1S/C10H12N2O2/c1-7(2)10(13)14-9-8(11-3)5-4-6-12-9/h4-6,11H,1H2,2-3H3. The molecule has 4 nitrogen and oxygen atoms in total. The normalized spacial score (nSPS) is 9.29. The number of hydrogen-bond acceptors (Lipinski definition) is 4. The third-order valence-corrected chi connectivity index (χ3v) is 1.58. The highest BCUT2D eigenvalue weighted by Crippen LogP contribution is 2.20. The molecular weight excluding hydrogens is 180 g/mol. The van der Waals surface area contributed by atoms with Gasteiger partial charge in [-0.05, 0) is 19.1 Å². The molecule has 0 fully saturated rings. The lowest BCUT2D eigenvalue weighted by Gasteiger charge is -2.07. The van der Waals surface area contributed by atoms with Crippen LogP contribution in [0.5, 0.6) is 5.88 Å². The first-order valence-corrected chi connectivity index (χ1v) is 4.15. The molecule has 1 rings (SSSR count). The minimum atomic E-state index is -0.472. The van der Waals surface area contributed by atoms with Crippen LogP contribution in [0.15, 0.2) is 30.5 Å². The van der Waals surface area contributed by atoms with Gasteiger partial charge >= 0.3 is 5.97 Å². The van der Waals surface area contributed by atoms with Crippen LogP contribution in [0.3, 0.4) is 0 Å². The lowest BCUT2D eigenvalue weighted by atomic mass is 10.3. The van der Waals surface area contributed by atoms with Crippen molar-refractivity contribution in [3.05, 3.63) is 30.5 Å². The van der Waals surface area contributed by atoms with Crippen LogP contribution in [0.4, 0.5) is 5.69 Å². The lowest BCUT2D eigenvalue weighted by molar-refractivity contribution is -0.130. The van der Waals surface area contributed by atoms with Crippen molar-refractivity contribution in [2.45, 2.75) is 6.92 Å². The minimum absolute atomic E-state index is 0.267. The molecule has 1 aromatic rings. The summed E-state index contributed by atoms with van der Waals surface area (Å²) in [5, 5.41) is 2.87. The molecule has 0 unspecified atom stereocenters. The molecule has 1 N–H and O–H groups in total.